The summed E-state index contributed by atoms with van der Waals surface area (Å²) < 4.78 is 23.0. The predicted octanol–water partition coefficient (Wildman–Crippen LogP) is 5.71. The van der Waals surface area contributed by atoms with Crippen LogP contribution in [0.4, 0.5) is 0 Å². The number of ether oxygens (including phenoxy) is 4. The van der Waals surface area contributed by atoms with E-state index in [1.807, 2.05) is 144 Å². The molecule has 310 valence electrons. The van der Waals surface area contributed by atoms with E-state index in [-0.39, 0.29) is 31.9 Å². The number of amides is 2. The van der Waals surface area contributed by atoms with E-state index in [1.165, 1.54) is 7.11 Å². The van der Waals surface area contributed by atoms with Gasteiger partial charge in [-0.15, -0.1) is 0 Å². The molecule has 11 nitrogen and oxygen atoms in total. The Bertz CT molecular complexity index is 1970. The number of esters is 1. The summed E-state index contributed by atoms with van der Waals surface area (Å²) in [6.07, 6.45) is 1.44. The van der Waals surface area contributed by atoms with Gasteiger partial charge in [-0.2, -0.15) is 0 Å². The maximum atomic E-state index is 13.9. The quantitative estimate of drug-likeness (QED) is 0.0431. The summed E-state index contributed by atoms with van der Waals surface area (Å²) in [6, 6.07) is 42.5. The average Bonchev–Trinajstić information content (AvgIpc) is 3.28. The van der Waals surface area contributed by atoms with Gasteiger partial charge in [-0.3, -0.25) is 14.5 Å². The van der Waals surface area contributed by atoms with Gasteiger partial charge in [0.1, 0.15) is 29.2 Å². The van der Waals surface area contributed by atoms with Crippen LogP contribution < -0.4 is 20.1 Å². The van der Waals surface area contributed by atoms with Gasteiger partial charge >= 0.3 is 5.97 Å². The molecule has 0 aromatic heterocycles. The third-order valence-electron chi connectivity index (χ3n) is 10.1. The molecule has 0 radical (unpaired) electrons. The summed E-state index contributed by atoms with van der Waals surface area (Å²) in [6.45, 7) is 1.17. The van der Waals surface area contributed by atoms with Crippen LogP contribution in [0, 0.1) is 0 Å². The Kier molecular flexibility index (Phi) is 17.0. The maximum absolute atomic E-state index is 13.9. The molecule has 0 fully saturated rings. The van der Waals surface area contributed by atoms with Crippen molar-refractivity contribution in [1.29, 1.82) is 0 Å². The Morgan fingerprint density at radius 1 is 0.610 bits per heavy atom. The second-order valence-electron chi connectivity index (χ2n) is 14.1. The number of hydrogen-bond acceptors (Lipinski definition) is 9. The van der Waals surface area contributed by atoms with Crippen molar-refractivity contribution in [3.63, 3.8) is 0 Å². The zero-order chi connectivity index (χ0) is 41.9. The highest BCUT2D eigenvalue weighted by molar-refractivity contribution is 5.91. The third-order valence-corrected chi connectivity index (χ3v) is 10.1. The number of aliphatic hydroxyl groups is 1. The first-order valence-corrected chi connectivity index (χ1v) is 19.9. The molecule has 5 rings (SSSR count). The van der Waals surface area contributed by atoms with Gasteiger partial charge in [0.15, 0.2) is 0 Å². The van der Waals surface area contributed by atoms with Crippen molar-refractivity contribution < 1.29 is 38.4 Å². The highest BCUT2D eigenvalue weighted by Gasteiger charge is 2.38. The molecule has 0 spiro atoms. The maximum Gasteiger partial charge on any atom is 0.328 e. The summed E-state index contributed by atoms with van der Waals surface area (Å²) in [4.78, 5) is 42.4. The van der Waals surface area contributed by atoms with Crippen LogP contribution >= 0.6 is 0 Å². The molecular weight excluding hydrogens is 747 g/mol. The van der Waals surface area contributed by atoms with Gasteiger partial charge < -0.3 is 34.7 Å². The average molecular weight is 802 g/mol. The summed E-state index contributed by atoms with van der Waals surface area (Å²) in [5, 5.41) is 15.5. The Morgan fingerprint density at radius 3 is 1.58 bits per heavy atom. The number of methoxy groups -OCH3 is 3. The van der Waals surface area contributed by atoms with Crippen LogP contribution in [0.25, 0.3) is 0 Å². The smallest absolute Gasteiger partial charge is 0.328 e. The number of aliphatic hydroxyl groups excluding tert-OH is 1. The molecule has 59 heavy (non-hydrogen) atoms. The van der Waals surface area contributed by atoms with Crippen LogP contribution in [0.3, 0.4) is 0 Å². The third kappa shape index (κ3) is 12.5. The molecule has 2 amide bonds. The van der Waals surface area contributed by atoms with Crippen LogP contribution in [0.2, 0.25) is 0 Å². The zero-order valence-corrected chi connectivity index (χ0v) is 34.0. The van der Waals surface area contributed by atoms with Crippen molar-refractivity contribution in [3.05, 3.63) is 167 Å². The topological polar surface area (TPSA) is 136 Å². The molecule has 0 saturated carbocycles. The first-order valence-electron chi connectivity index (χ1n) is 19.9. The summed E-state index contributed by atoms with van der Waals surface area (Å²) >= 11 is 0. The van der Waals surface area contributed by atoms with E-state index < -0.39 is 29.6 Å². The number of hydrogen-bond donors (Lipinski definition) is 3. The molecule has 0 bridgehead atoms. The number of nitrogens with zero attached hydrogens (tertiary/aromatic N) is 1. The highest BCUT2D eigenvalue weighted by atomic mass is 16.5. The van der Waals surface area contributed by atoms with Crippen LogP contribution in [-0.4, -0.2) is 94.1 Å². The number of nitrogens with one attached hydrogen (secondary N) is 2. The van der Waals surface area contributed by atoms with Crippen molar-refractivity contribution in [2.24, 2.45) is 0 Å². The zero-order valence-electron chi connectivity index (χ0n) is 34.0. The summed E-state index contributed by atoms with van der Waals surface area (Å²) in [5.74, 6) is -0.00470. The van der Waals surface area contributed by atoms with E-state index >= 15 is 0 Å². The van der Waals surface area contributed by atoms with E-state index in [4.69, 9.17) is 18.9 Å². The lowest BCUT2D eigenvalue weighted by Crippen LogP contribution is -2.54. The normalized spacial score (nSPS) is 12.3. The molecule has 2 atom stereocenters. The van der Waals surface area contributed by atoms with Gasteiger partial charge in [0, 0.05) is 39.1 Å². The van der Waals surface area contributed by atoms with E-state index in [0.29, 0.717) is 32.5 Å². The standard InChI is InChI=1S/C48H55N3O8/c1-56-41-25-21-39(22-26-41)48(38-19-11-6-12-20-38,40-23-27-42(57-2)28-24-40)59-32-14-30-51(29-13-31-52)35-45(53)49-43(33-36-15-7-4-8-16-36)46(54)50-44(47(55)58-3)34-37-17-9-5-10-18-37/h4-12,15-28,43-44,52H,13-14,29-35H2,1-3H3,(H,49,53)(H,50,54)/t43-,44-/m0/s1. The fourth-order valence-electron chi connectivity index (χ4n) is 7.11. The molecule has 3 N–H and O–H groups in total. The molecule has 0 aliphatic heterocycles. The lowest BCUT2D eigenvalue weighted by atomic mass is 9.80. The Labute approximate surface area is 347 Å². The monoisotopic (exact) mass is 801 g/mol. The van der Waals surface area contributed by atoms with Crippen molar-refractivity contribution in [2.45, 2.75) is 43.4 Å². The van der Waals surface area contributed by atoms with Gasteiger partial charge in [0.25, 0.3) is 0 Å². The van der Waals surface area contributed by atoms with E-state index in [2.05, 4.69) is 10.6 Å². The Morgan fingerprint density at radius 2 is 1.08 bits per heavy atom. The SMILES string of the molecule is COC(=O)[C@H](Cc1ccccc1)NC(=O)[C@H](Cc1ccccc1)NC(=O)CN(CCCO)CCCOC(c1ccccc1)(c1ccc(OC)cc1)c1ccc(OC)cc1. The van der Waals surface area contributed by atoms with Crippen LogP contribution in [0.5, 0.6) is 11.5 Å². The van der Waals surface area contributed by atoms with Crippen molar-refractivity contribution in [3.8, 4) is 11.5 Å². The minimum absolute atomic E-state index is 0.0240. The molecule has 0 aliphatic carbocycles. The number of benzene rings is 5. The predicted molar refractivity (Wildman–Crippen MR) is 227 cm³/mol. The van der Waals surface area contributed by atoms with Gasteiger partial charge in [-0.05, 0) is 64.9 Å². The molecule has 11 heteroatoms. The summed E-state index contributed by atoms with van der Waals surface area (Å²) in [7, 11) is 4.55. The second-order valence-corrected chi connectivity index (χ2v) is 14.1. The number of carbonyl (C=O) groups is 3. The largest absolute Gasteiger partial charge is 0.497 e. The number of rotatable bonds is 23. The minimum atomic E-state index is -0.992. The van der Waals surface area contributed by atoms with Gasteiger partial charge in [-0.25, -0.2) is 4.79 Å². The fraction of sp³-hybridized carbons (Fsp3) is 0.312. The highest BCUT2D eigenvalue weighted by Crippen LogP contribution is 2.41. The Hall–Kier alpha value is -6.01. The molecule has 5 aromatic carbocycles. The molecule has 0 saturated heterocycles. The molecule has 0 aliphatic rings. The molecular formula is C48H55N3O8. The lowest BCUT2D eigenvalue weighted by molar-refractivity contribution is -0.145. The van der Waals surface area contributed by atoms with Crippen molar-refractivity contribution in [2.75, 3.05) is 54.2 Å². The van der Waals surface area contributed by atoms with E-state index in [0.717, 1.165) is 39.3 Å². The lowest BCUT2D eigenvalue weighted by Gasteiger charge is -2.36. The van der Waals surface area contributed by atoms with Crippen molar-refractivity contribution in [1.82, 2.24) is 15.5 Å². The molecule has 0 unspecified atom stereocenters. The Balaban J connectivity index is 1.32. The van der Waals surface area contributed by atoms with E-state index in [1.54, 1.807) is 14.2 Å². The number of carbonyl (C=O) groups excluding carboxylic acids is 3. The van der Waals surface area contributed by atoms with Crippen LogP contribution in [0.1, 0.15) is 40.7 Å². The second kappa shape index (κ2) is 22.8. The van der Waals surface area contributed by atoms with Gasteiger partial charge in [-0.1, -0.05) is 115 Å². The minimum Gasteiger partial charge on any atom is -0.497 e. The van der Waals surface area contributed by atoms with Crippen molar-refractivity contribution >= 4 is 17.8 Å². The van der Waals surface area contributed by atoms with Gasteiger partial charge in [0.05, 0.1) is 27.9 Å². The summed E-state index contributed by atoms with van der Waals surface area (Å²) in [5.41, 5.74) is 3.46. The van der Waals surface area contributed by atoms with Gasteiger partial charge in [0.2, 0.25) is 11.8 Å². The van der Waals surface area contributed by atoms with Crippen LogP contribution in [0.15, 0.2) is 140 Å². The molecule has 5 aromatic rings. The molecule has 0 heterocycles. The van der Waals surface area contributed by atoms with E-state index in [9.17, 15) is 19.5 Å². The fourth-order valence-corrected chi connectivity index (χ4v) is 7.11. The first kappa shape index (κ1) is 44.1. The van der Waals surface area contributed by atoms with Crippen LogP contribution in [-0.2, 0) is 42.3 Å². The first-order chi connectivity index (χ1) is 28.8.